The number of hydrogen-bond acceptors (Lipinski definition) is 5. The predicted octanol–water partition coefficient (Wildman–Crippen LogP) is 9.41. The maximum absolute atomic E-state index is 12.3. The fourth-order valence-electron chi connectivity index (χ4n) is 6.73. The van der Waals surface area contributed by atoms with Crippen LogP contribution in [0.4, 0.5) is 0 Å². The molecule has 54 heavy (non-hydrogen) atoms. The first-order valence-corrected chi connectivity index (χ1v) is 18.1. The van der Waals surface area contributed by atoms with Crippen molar-refractivity contribution >= 4 is 30.0 Å². The fourth-order valence-corrected chi connectivity index (χ4v) is 6.73. The third-order valence-corrected chi connectivity index (χ3v) is 10.2. The van der Waals surface area contributed by atoms with Crippen LogP contribution in [0.1, 0.15) is 76.1 Å². The lowest BCUT2D eigenvalue weighted by molar-refractivity contribution is -0.175. The number of rotatable bonds is 16. The first-order valence-electron chi connectivity index (χ1n) is 18.1. The number of carbonyl (C=O) groups is 4. The number of aliphatic carboxylic acids is 3. The van der Waals surface area contributed by atoms with Gasteiger partial charge in [0.2, 0.25) is 0 Å². The molecule has 3 aromatic carbocycles. The molecule has 0 bridgehead atoms. The first kappa shape index (κ1) is 42.9. The summed E-state index contributed by atoms with van der Waals surface area (Å²) in [6.45, 7) is 17.1. The van der Waals surface area contributed by atoms with Crippen LogP contribution in [-0.2, 0) is 43.2 Å². The van der Waals surface area contributed by atoms with Gasteiger partial charge in [0.15, 0.2) is 5.41 Å². The van der Waals surface area contributed by atoms with Crippen LogP contribution in [-0.4, -0.2) is 45.3 Å². The molecule has 3 aromatic rings. The Bertz CT molecular complexity index is 1810. The van der Waals surface area contributed by atoms with Crippen LogP contribution in [0.15, 0.2) is 128 Å². The lowest BCUT2D eigenvalue weighted by atomic mass is 9.60. The van der Waals surface area contributed by atoms with E-state index in [0.29, 0.717) is 18.4 Å². The highest BCUT2D eigenvalue weighted by atomic mass is 16.5. The smallest absolute Gasteiger partial charge is 0.321 e. The summed E-state index contributed by atoms with van der Waals surface area (Å²) in [6.07, 6.45) is 11.3. The third-order valence-electron chi connectivity index (χ3n) is 10.2. The van der Waals surface area contributed by atoms with Gasteiger partial charge >= 0.3 is 23.9 Å². The zero-order valence-corrected chi connectivity index (χ0v) is 32.1. The maximum atomic E-state index is 12.3. The fraction of sp³-hybridized carbons (Fsp3) is 0.348. The van der Waals surface area contributed by atoms with Crippen LogP contribution < -0.4 is 0 Å². The second-order valence-corrected chi connectivity index (χ2v) is 15.7. The molecule has 8 nitrogen and oxygen atoms in total. The molecule has 0 aliphatic heterocycles. The van der Waals surface area contributed by atoms with Crippen molar-refractivity contribution in [1.29, 1.82) is 0 Å². The zero-order chi connectivity index (χ0) is 40.2. The third kappa shape index (κ3) is 11.3. The van der Waals surface area contributed by atoms with Gasteiger partial charge in [-0.3, -0.25) is 19.2 Å². The number of benzene rings is 3. The average Bonchev–Trinajstić information content (AvgIpc) is 3.12. The Hall–Kier alpha value is -5.50. The van der Waals surface area contributed by atoms with Crippen LogP contribution in [0, 0.1) is 21.7 Å². The second-order valence-electron chi connectivity index (χ2n) is 15.7. The molecule has 1 aliphatic rings. The summed E-state index contributed by atoms with van der Waals surface area (Å²) in [5, 5.41) is 28.8. The number of allylic oxidation sites excluding steroid dienone is 3. The van der Waals surface area contributed by atoms with Crippen LogP contribution in [0.3, 0.4) is 0 Å². The van der Waals surface area contributed by atoms with Crippen LogP contribution >= 0.6 is 0 Å². The lowest BCUT2D eigenvalue weighted by Gasteiger charge is -2.40. The summed E-state index contributed by atoms with van der Waals surface area (Å²) in [6, 6.07) is 27.1. The van der Waals surface area contributed by atoms with Crippen molar-refractivity contribution in [2.24, 2.45) is 21.7 Å². The Morgan fingerprint density at radius 1 is 0.796 bits per heavy atom. The minimum absolute atomic E-state index is 0.0725. The first-order chi connectivity index (χ1) is 25.4. The summed E-state index contributed by atoms with van der Waals surface area (Å²) < 4.78 is 5.52. The van der Waals surface area contributed by atoms with Crippen molar-refractivity contribution < 1.29 is 39.2 Å². The molecule has 0 aromatic heterocycles. The van der Waals surface area contributed by atoms with Crippen molar-refractivity contribution in [3.05, 3.63) is 150 Å². The average molecular weight is 735 g/mol. The molecule has 0 radical (unpaired) electrons. The van der Waals surface area contributed by atoms with Gasteiger partial charge in [-0.2, -0.15) is 0 Å². The van der Waals surface area contributed by atoms with Gasteiger partial charge < -0.3 is 20.1 Å². The van der Waals surface area contributed by atoms with Gasteiger partial charge in [-0.05, 0) is 65.3 Å². The number of aryl methyl sites for hydroxylation is 1. The molecule has 2 unspecified atom stereocenters. The highest BCUT2D eigenvalue weighted by Gasteiger charge is 2.57. The number of carboxylic acids is 3. The molecule has 0 saturated carbocycles. The van der Waals surface area contributed by atoms with Gasteiger partial charge in [0, 0.05) is 10.8 Å². The van der Waals surface area contributed by atoms with E-state index in [0.717, 1.165) is 29.5 Å². The van der Waals surface area contributed by atoms with E-state index in [9.17, 15) is 29.4 Å². The highest BCUT2D eigenvalue weighted by molar-refractivity contribution is 5.99. The molecule has 0 heterocycles. The monoisotopic (exact) mass is 734 g/mol. The Balaban J connectivity index is 0.000000290. The second kappa shape index (κ2) is 18.5. The number of esters is 1. The summed E-state index contributed by atoms with van der Waals surface area (Å²) in [4.78, 5) is 47.2. The van der Waals surface area contributed by atoms with Gasteiger partial charge in [0.05, 0.1) is 0 Å². The minimum atomic E-state index is -1.92. The Morgan fingerprint density at radius 2 is 1.35 bits per heavy atom. The largest absolute Gasteiger partial charge is 0.481 e. The number of hydrogen-bond donors (Lipinski definition) is 3. The van der Waals surface area contributed by atoms with Crippen molar-refractivity contribution in [1.82, 2.24) is 0 Å². The molecule has 4 rings (SSSR count). The van der Waals surface area contributed by atoms with Crippen molar-refractivity contribution in [2.45, 2.75) is 79.2 Å². The van der Waals surface area contributed by atoms with E-state index in [1.165, 1.54) is 5.56 Å². The van der Waals surface area contributed by atoms with Crippen molar-refractivity contribution in [2.75, 3.05) is 0 Å². The van der Waals surface area contributed by atoms with Crippen molar-refractivity contribution in [3.63, 3.8) is 0 Å². The summed E-state index contributed by atoms with van der Waals surface area (Å²) in [7, 11) is 0. The molecule has 2 atom stereocenters. The quantitative estimate of drug-likeness (QED) is 0.0752. The van der Waals surface area contributed by atoms with Crippen LogP contribution in [0.2, 0.25) is 0 Å². The zero-order valence-electron chi connectivity index (χ0n) is 32.1. The topological polar surface area (TPSA) is 138 Å². The summed E-state index contributed by atoms with van der Waals surface area (Å²) in [5.41, 5.74) is 1.36. The molecule has 3 N–H and O–H groups in total. The molecule has 286 valence electrons. The molecular weight excluding hydrogens is 680 g/mol. The highest BCUT2D eigenvalue weighted by Crippen LogP contribution is 2.46. The van der Waals surface area contributed by atoms with Crippen molar-refractivity contribution in [3.8, 4) is 0 Å². The standard InChI is InChI=1S/C23H28O4.C23H26O4/c1-5-23(16-17-9-7-6-8-10-17)13-11-18(12-14-23)21(22(2,3)4)27-20(26)15-19(24)25;1-4-17-10-12-19(13-11-17)16-23(20(24)25,21(26)27)22(2,3)15-14-18-8-6-5-7-9-18/h5-13,21H,1,14-16H2,2-4H3,(H,24,25);4-13H,1,14-16H2,2-3H3,(H,24,25)(H,26,27). The summed E-state index contributed by atoms with van der Waals surface area (Å²) in [5.74, 6) is -4.52. The van der Waals surface area contributed by atoms with E-state index in [2.05, 4.69) is 37.4 Å². The van der Waals surface area contributed by atoms with Crippen LogP contribution in [0.25, 0.3) is 6.08 Å². The van der Waals surface area contributed by atoms with E-state index in [-0.39, 0.29) is 17.3 Å². The molecular formula is C46H54O8. The molecule has 0 fully saturated rings. The lowest BCUT2D eigenvalue weighted by Crippen LogP contribution is -2.52. The predicted molar refractivity (Wildman–Crippen MR) is 213 cm³/mol. The number of carbonyl (C=O) groups excluding carboxylic acids is 1. The van der Waals surface area contributed by atoms with Gasteiger partial charge in [-0.15, -0.1) is 6.58 Å². The van der Waals surface area contributed by atoms with E-state index >= 15 is 0 Å². The van der Waals surface area contributed by atoms with Crippen LogP contribution in [0.5, 0.6) is 0 Å². The molecule has 1 aliphatic carbocycles. The van der Waals surface area contributed by atoms with Gasteiger partial charge in [0.1, 0.15) is 12.5 Å². The number of carboxylic acid groups (broad SMARTS) is 3. The minimum Gasteiger partial charge on any atom is -0.481 e. The Morgan fingerprint density at radius 3 is 1.80 bits per heavy atom. The van der Waals surface area contributed by atoms with E-state index in [1.807, 2.05) is 93.6 Å². The Kier molecular flexibility index (Phi) is 14.7. The molecule has 0 spiro atoms. The van der Waals surface area contributed by atoms with E-state index in [4.69, 9.17) is 9.84 Å². The Labute approximate surface area is 319 Å². The molecule has 0 saturated heterocycles. The normalized spacial score (nSPS) is 16.1. The van der Waals surface area contributed by atoms with Gasteiger partial charge in [-0.1, -0.05) is 157 Å². The van der Waals surface area contributed by atoms with E-state index < -0.39 is 47.2 Å². The molecule has 0 amide bonds. The SMILES string of the molecule is C=CC1(Cc2ccccc2)C=CC(C(OC(=O)CC(=O)O)C(C)(C)C)=CC1.C=Cc1ccc(CC(C(=O)O)(C(=O)O)C(C)(C)CCc2ccccc2)cc1. The van der Waals surface area contributed by atoms with E-state index in [1.54, 1.807) is 32.1 Å². The van der Waals surface area contributed by atoms with Gasteiger partial charge in [0.25, 0.3) is 0 Å². The summed E-state index contributed by atoms with van der Waals surface area (Å²) >= 11 is 0. The number of ether oxygens (including phenoxy) is 1. The van der Waals surface area contributed by atoms with Gasteiger partial charge in [-0.25, -0.2) is 0 Å². The maximum Gasteiger partial charge on any atom is 0.321 e. The molecule has 8 heteroatoms.